The number of hydrogen-bond acceptors (Lipinski definition) is 4. The third-order valence-electron chi connectivity index (χ3n) is 6.51. The number of hydrogen-bond donors (Lipinski definition) is 0. The van der Waals surface area contributed by atoms with Gasteiger partial charge in [-0.3, -0.25) is 9.59 Å². The molecule has 0 N–H and O–H groups in total. The molecule has 33 heavy (non-hydrogen) atoms. The van der Waals surface area contributed by atoms with Gasteiger partial charge >= 0.3 is 7.12 Å². The molecule has 0 spiro atoms. The number of aryl methyl sites for hydroxylation is 3. The van der Waals surface area contributed by atoms with Gasteiger partial charge in [-0.2, -0.15) is 0 Å². The molecule has 2 aromatic rings. The number of halogens is 1. The van der Waals surface area contributed by atoms with Crippen molar-refractivity contribution in [1.82, 2.24) is 9.13 Å². The van der Waals surface area contributed by atoms with Crippen molar-refractivity contribution >= 4 is 28.5 Å². The van der Waals surface area contributed by atoms with Crippen LogP contribution < -0.4 is 16.6 Å². The van der Waals surface area contributed by atoms with Crippen LogP contribution in [-0.4, -0.2) is 27.5 Å². The van der Waals surface area contributed by atoms with Crippen LogP contribution in [0.25, 0.3) is 0 Å². The molecule has 0 unspecified atom stereocenters. The van der Waals surface area contributed by atoms with Crippen molar-refractivity contribution in [2.24, 2.45) is 0 Å². The fourth-order valence-electron chi connectivity index (χ4n) is 3.58. The molecule has 8 heteroatoms. The summed E-state index contributed by atoms with van der Waals surface area (Å²) in [4.78, 5) is 23.7. The molecule has 182 valence electrons. The second kappa shape index (κ2) is 10.7. The lowest BCUT2D eigenvalue weighted by atomic mass is 9.79. The molecule has 0 radical (unpaired) electrons. The molecule has 1 aliphatic rings. The molecule has 0 bridgehead atoms. The van der Waals surface area contributed by atoms with Gasteiger partial charge in [-0.05, 0) is 88.3 Å². The Kier molecular flexibility index (Phi) is 8.99. The largest absolute Gasteiger partial charge is 0.496 e. The van der Waals surface area contributed by atoms with E-state index in [1.807, 2.05) is 66.9 Å². The van der Waals surface area contributed by atoms with E-state index in [0.29, 0.717) is 6.54 Å². The van der Waals surface area contributed by atoms with Crippen molar-refractivity contribution in [3.8, 4) is 0 Å². The van der Waals surface area contributed by atoms with Crippen LogP contribution in [0.4, 0.5) is 0 Å². The third-order valence-corrected chi connectivity index (χ3v) is 7.31. The minimum absolute atomic E-state index is 0.0621. The van der Waals surface area contributed by atoms with Gasteiger partial charge in [-0.1, -0.05) is 19.9 Å². The highest BCUT2D eigenvalue weighted by Crippen LogP contribution is 2.36. The SMILES string of the molecule is CCCn1cc(B2OC(C)(C)C(C)(C)O2)cc(C)c1=O.CCCn1cc(Br)c(C)c(C)c1=O. The maximum atomic E-state index is 12.1. The molecular weight excluding hydrogens is 483 g/mol. The van der Waals surface area contributed by atoms with Gasteiger partial charge < -0.3 is 18.4 Å². The van der Waals surface area contributed by atoms with E-state index in [2.05, 4.69) is 29.8 Å². The predicted octanol–water partition coefficient (Wildman–Crippen LogP) is 4.50. The van der Waals surface area contributed by atoms with E-state index in [1.165, 1.54) is 0 Å². The van der Waals surface area contributed by atoms with E-state index in [0.717, 1.165) is 46.0 Å². The molecule has 1 fully saturated rings. The molecule has 0 saturated carbocycles. The monoisotopic (exact) mass is 520 g/mol. The van der Waals surface area contributed by atoms with E-state index in [1.54, 1.807) is 9.13 Å². The summed E-state index contributed by atoms with van der Waals surface area (Å²) in [5.74, 6) is 0. The second-order valence-electron chi connectivity index (χ2n) is 9.77. The molecule has 1 saturated heterocycles. The van der Waals surface area contributed by atoms with E-state index in [9.17, 15) is 9.59 Å². The number of rotatable bonds is 5. The smallest absolute Gasteiger partial charge is 0.399 e. The van der Waals surface area contributed by atoms with Crippen LogP contribution in [0.1, 0.15) is 71.1 Å². The first kappa shape index (κ1) is 27.6. The van der Waals surface area contributed by atoms with Gasteiger partial charge in [0.15, 0.2) is 0 Å². The van der Waals surface area contributed by atoms with Gasteiger partial charge in [0.1, 0.15) is 0 Å². The molecule has 3 rings (SSSR count). The first-order chi connectivity index (χ1) is 15.3. The van der Waals surface area contributed by atoms with E-state index >= 15 is 0 Å². The maximum Gasteiger partial charge on any atom is 0.496 e. The second-order valence-corrected chi connectivity index (χ2v) is 10.6. The molecule has 3 heterocycles. The van der Waals surface area contributed by atoms with Crippen molar-refractivity contribution < 1.29 is 9.31 Å². The van der Waals surface area contributed by atoms with Crippen LogP contribution in [0, 0.1) is 20.8 Å². The summed E-state index contributed by atoms with van der Waals surface area (Å²) in [6.45, 7) is 19.4. The fraction of sp³-hybridized carbons (Fsp3) is 0.600. The molecular formula is C25H38BBrN2O4. The number of pyridine rings is 2. The van der Waals surface area contributed by atoms with Crippen LogP contribution >= 0.6 is 15.9 Å². The Hall–Kier alpha value is -1.64. The average Bonchev–Trinajstić information content (AvgIpc) is 2.95. The molecule has 0 atom stereocenters. The molecule has 6 nitrogen and oxygen atoms in total. The number of aromatic nitrogens is 2. The predicted molar refractivity (Wildman–Crippen MR) is 140 cm³/mol. The van der Waals surface area contributed by atoms with Crippen LogP contribution in [0.5, 0.6) is 0 Å². The molecule has 0 aliphatic carbocycles. The first-order valence-corrected chi connectivity index (χ1v) is 12.5. The average molecular weight is 521 g/mol. The van der Waals surface area contributed by atoms with Crippen molar-refractivity contribution in [1.29, 1.82) is 0 Å². The highest BCUT2D eigenvalue weighted by atomic mass is 79.9. The van der Waals surface area contributed by atoms with Crippen LogP contribution in [-0.2, 0) is 22.4 Å². The van der Waals surface area contributed by atoms with Gasteiger partial charge in [0.2, 0.25) is 0 Å². The van der Waals surface area contributed by atoms with Crippen LogP contribution in [0.2, 0.25) is 0 Å². The lowest BCUT2D eigenvalue weighted by Gasteiger charge is -2.32. The summed E-state index contributed by atoms with van der Waals surface area (Å²) in [5, 5.41) is 0. The van der Waals surface area contributed by atoms with Crippen molar-refractivity contribution in [3.63, 3.8) is 0 Å². The van der Waals surface area contributed by atoms with E-state index in [-0.39, 0.29) is 22.3 Å². The lowest BCUT2D eigenvalue weighted by molar-refractivity contribution is 0.00578. The standard InChI is InChI=1S/C15H24BNO3.C10H14BrNO/c1-7-8-17-10-12(9-11(2)13(17)18)16-19-14(3,4)15(5,6)20-16;1-4-5-12-6-9(11)7(2)8(3)10(12)13/h9-10H,7-8H2,1-6H3;6H,4-5H2,1-3H3. The van der Waals surface area contributed by atoms with Crippen molar-refractivity contribution in [2.45, 2.75) is 99.4 Å². The van der Waals surface area contributed by atoms with Crippen molar-refractivity contribution in [2.75, 3.05) is 0 Å². The zero-order valence-electron chi connectivity index (χ0n) is 21.5. The minimum atomic E-state index is -0.414. The third kappa shape index (κ3) is 6.08. The first-order valence-electron chi connectivity index (χ1n) is 11.7. The summed E-state index contributed by atoms with van der Waals surface area (Å²) in [6.07, 6.45) is 5.64. The van der Waals surface area contributed by atoms with Gasteiger partial charge in [0, 0.05) is 41.1 Å². The molecule has 2 aromatic heterocycles. The summed E-state index contributed by atoms with van der Waals surface area (Å²) in [6, 6.07) is 1.87. The highest BCUT2D eigenvalue weighted by Gasteiger charge is 2.51. The zero-order chi connectivity index (χ0) is 25.1. The Balaban J connectivity index is 0.000000257. The lowest BCUT2D eigenvalue weighted by Crippen LogP contribution is -2.41. The van der Waals surface area contributed by atoms with E-state index in [4.69, 9.17) is 9.31 Å². The quantitative estimate of drug-likeness (QED) is 0.544. The molecule has 0 amide bonds. The van der Waals surface area contributed by atoms with Gasteiger partial charge in [-0.15, -0.1) is 0 Å². The highest BCUT2D eigenvalue weighted by molar-refractivity contribution is 9.10. The summed E-state index contributed by atoms with van der Waals surface area (Å²) < 4.78 is 16.6. The molecule has 0 aromatic carbocycles. The fourth-order valence-corrected chi connectivity index (χ4v) is 4.13. The van der Waals surface area contributed by atoms with E-state index < -0.39 is 7.12 Å². The van der Waals surface area contributed by atoms with Gasteiger partial charge in [0.25, 0.3) is 11.1 Å². The van der Waals surface area contributed by atoms with Crippen LogP contribution in [0.3, 0.4) is 0 Å². The summed E-state index contributed by atoms with van der Waals surface area (Å²) in [5.41, 5.74) is 2.98. The number of nitrogens with zero attached hydrogens (tertiary/aromatic N) is 2. The summed E-state index contributed by atoms with van der Waals surface area (Å²) >= 11 is 3.44. The minimum Gasteiger partial charge on any atom is -0.399 e. The Morgan fingerprint density at radius 2 is 1.33 bits per heavy atom. The van der Waals surface area contributed by atoms with Crippen molar-refractivity contribution in [3.05, 3.63) is 60.3 Å². The Labute approximate surface area is 206 Å². The van der Waals surface area contributed by atoms with Gasteiger partial charge in [0.05, 0.1) is 11.2 Å². The van der Waals surface area contributed by atoms with Gasteiger partial charge in [-0.25, -0.2) is 0 Å². The Morgan fingerprint density at radius 3 is 1.82 bits per heavy atom. The topological polar surface area (TPSA) is 62.5 Å². The normalized spacial score (nSPS) is 16.5. The molecule has 1 aliphatic heterocycles. The zero-order valence-corrected chi connectivity index (χ0v) is 23.1. The van der Waals surface area contributed by atoms with Crippen LogP contribution in [0.15, 0.2) is 32.5 Å². The Bertz CT molecular complexity index is 1090. The Morgan fingerprint density at radius 1 is 0.848 bits per heavy atom. The maximum absolute atomic E-state index is 12.1. The summed E-state index contributed by atoms with van der Waals surface area (Å²) in [7, 11) is -0.414.